The lowest BCUT2D eigenvalue weighted by atomic mass is 10.2. The zero-order valence-electron chi connectivity index (χ0n) is 10.1. The first-order valence-electron chi connectivity index (χ1n) is 5.84. The SMILES string of the molecule is CNc1cc(NC(C)C2CC2)cc([N+](=O)[O-])c1. The average Bonchev–Trinajstić information content (AvgIpc) is 3.12. The van der Waals surface area contributed by atoms with Crippen LogP contribution in [0.15, 0.2) is 18.2 Å². The second-order valence-corrected chi connectivity index (χ2v) is 4.55. The lowest BCUT2D eigenvalue weighted by molar-refractivity contribution is -0.384. The number of rotatable bonds is 5. The van der Waals surface area contributed by atoms with Gasteiger partial charge in [0, 0.05) is 36.6 Å². The summed E-state index contributed by atoms with van der Waals surface area (Å²) in [5.74, 6) is 0.715. The Bertz CT molecular complexity index is 430. The van der Waals surface area contributed by atoms with E-state index in [4.69, 9.17) is 0 Å². The molecule has 2 N–H and O–H groups in total. The van der Waals surface area contributed by atoms with Crippen LogP contribution in [-0.2, 0) is 0 Å². The molecule has 5 nitrogen and oxygen atoms in total. The number of nitrogens with one attached hydrogen (secondary N) is 2. The van der Waals surface area contributed by atoms with Crippen molar-refractivity contribution in [1.29, 1.82) is 0 Å². The lowest BCUT2D eigenvalue weighted by Gasteiger charge is -2.15. The Morgan fingerprint density at radius 2 is 2.00 bits per heavy atom. The minimum Gasteiger partial charge on any atom is -0.388 e. The molecule has 1 unspecified atom stereocenters. The smallest absolute Gasteiger partial charge is 0.273 e. The number of nitro groups is 1. The van der Waals surface area contributed by atoms with E-state index in [1.165, 1.54) is 18.9 Å². The van der Waals surface area contributed by atoms with Gasteiger partial charge >= 0.3 is 0 Å². The monoisotopic (exact) mass is 235 g/mol. The van der Waals surface area contributed by atoms with E-state index < -0.39 is 0 Å². The number of hydrogen-bond acceptors (Lipinski definition) is 4. The molecular weight excluding hydrogens is 218 g/mol. The second kappa shape index (κ2) is 4.61. The van der Waals surface area contributed by atoms with Crippen molar-refractivity contribution in [3.63, 3.8) is 0 Å². The fourth-order valence-corrected chi connectivity index (χ4v) is 1.92. The van der Waals surface area contributed by atoms with E-state index in [9.17, 15) is 10.1 Å². The Hall–Kier alpha value is -1.78. The third-order valence-electron chi connectivity index (χ3n) is 3.14. The quantitative estimate of drug-likeness (QED) is 0.608. The number of benzene rings is 1. The third kappa shape index (κ3) is 2.87. The van der Waals surface area contributed by atoms with E-state index in [1.807, 2.05) is 6.07 Å². The molecule has 1 aromatic carbocycles. The van der Waals surface area contributed by atoms with Crippen molar-refractivity contribution < 1.29 is 4.92 Å². The fraction of sp³-hybridized carbons (Fsp3) is 0.500. The summed E-state index contributed by atoms with van der Waals surface area (Å²) in [5, 5.41) is 17.1. The molecule has 2 rings (SSSR count). The van der Waals surface area contributed by atoms with Crippen LogP contribution >= 0.6 is 0 Å². The first-order valence-corrected chi connectivity index (χ1v) is 5.84. The maximum Gasteiger partial charge on any atom is 0.273 e. The van der Waals surface area contributed by atoms with Gasteiger partial charge in [-0.1, -0.05) is 0 Å². The molecule has 0 radical (unpaired) electrons. The Kier molecular flexibility index (Phi) is 3.17. The first kappa shape index (κ1) is 11.7. The highest BCUT2D eigenvalue weighted by atomic mass is 16.6. The zero-order valence-corrected chi connectivity index (χ0v) is 10.1. The number of non-ortho nitro benzene ring substituents is 1. The van der Waals surface area contributed by atoms with Gasteiger partial charge in [0.05, 0.1) is 4.92 Å². The topological polar surface area (TPSA) is 67.2 Å². The van der Waals surface area contributed by atoms with Gasteiger partial charge in [-0.05, 0) is 31.7 Å². The number of anilines is 2. The highest BCUT2D eigenvalue weighted by Crippen LogP contribution is 2.34. The van der Waals surface area contributed by atoms with Crippen molar-refractivity contribution in [1.82, 2.24) is 0 Å². The predicted molar refractivity (Wildman–Crippen MR) is 68.5 cm³/mol. The van der Waals surface area contributed by atoms with E-state index in [-0.39, 0.29) is 10.6 Å². The molecule has 1 fully saturated rings. The molecule has 1 aliphatic rings. The number of nitrogens with zero attached hydrogens (tertiary/aromatic N) is 1. The molecule has 0 bridgehead atoms. The van der Waals surface area contributed by atoms with Crippen LogP contribution in [0.5, 0.6) is 0 Å². The van der Waals surface area contributed by atoms with Crippen LogP contribution in [-0.4, -0.2) is 18.0 Å². The maximum atomic E-state index is 10.8. The van der Waals surface area contributed by atoms with E-state index in [0.717, 1.165) is 11.4 Å². The molecule has 1 saturated carbocycles. The standard InChI is InChI=1S/C12H17N3O2/c1-8(9-3-4-9)14-11-5-10(13-2)6-12(7-11)15(16)17/h5-9,13-14H,3-4H2,1-2H3. The molecule has 0 saturated heterocycles. The van der Waals surface area contributed by atoms with Crippen LogP contribution in [0.4, 0.5) is 17.1 Å². The van der Waals surface area contributed by atoms with Crippen LogP contribution in [0.25, 0.3) is 0 Å². The lowest BCUT2D eigenvalue weighted by Crippen LogP contribution is -2.17. The molecule has 5 heteroatoms. The molecule has 0 spiro atoms. The second-order valence-electron chi connectivity index (χ2n) is 4.55. The highest BCUT2D eigenvalue weighted by Gasteiger charge is 2.28. The van der Waals surface area contributed by atoms with Crippen LogP contribution < -0.4 is 10.6 Å². The van der Waals surface area contributed by atoms with E-state index in [0.29, 0.717) is 12.0 Å². The van der Waals surface area contributed by atoms with Crippen molar-refractivity contribution in [2.45, 2.75) is 25.8 Å². The van der Waals surface area contributed by atoms with Gasteiger partial charge in [-0.15, -0.1) is 0 Å². The van der Waals surface area contributed by atoms with E-state index in [2.05, 4.69) is 17.6 Å². The van der Waals surface area contributed by atoms with Gasteiger partial charge in [-0.3, -0.25) is 10.1 Å². The minimum atomic E-state index is -0.367. The van der Waals surface area contributed by atoms with Crippen LogP contribution in [0, 0.1) is 16.0 Å². The fourth-order valence-electron chi connectivity index (χ4n) is 1.92. The normalized spacial score (nSPS) is 16.4. The maximum absolute atomic E-state index is 10.8. The van der Waals surface area contributed by atoms with Crippen LogP contribution in [0.3, 0.4) is 0 Å². The van der Waals surface area contributed by atoms with Crippen molar-refractivity contribution >= 4 is 17.1 Å². The molecule has 1 aliphatic carbocycles. The van der Waals surface area contributed by atoms with Gasteiger partial charge in [0.2, 0.25) is 0 Å². The van der Waals surface area contributed by atoms with Crippen LogP contribution in [0.2, 0.25) is 0 Å². The summed E-state index contributed by atoms with van der Waals surface area (Å²) in [6, 6.07) is 5.39. The molecular formula is C12H17N3O2. The highest BCUT2D eigenvalue weighted by molar-refractivity contribution is 5.63. The van der Waals surface area contributed by atoms with Gasteiger partial charge < -0.3 is 10.6 Å². The van der Waals surface area contributed by atoms with E-state index in [1.54, 1.807) is 13.1 Å². The van der Waals surface area contributed by atoms with Gasteiger partial charge in [0.15, 0.2) is 0 Å². The van der Waals surface area contributed by atoms with Gasteiger partial charge in [-0.25, -0.2) is 0 Å². The number of hydrogen-bond donors (Lipinski definition) is 2. The van der Waals surface area contributed by atoms with Gasteiger partial charge in [-0.2, -0.15) is 0 Å². The molecule has 0 aromatic heterocycles. The Labute approximate surface area is 100 Å². The van der Waals surface area contributed by atoms with Gasteiger partial charge in [0.25, 0.3) is 5.69 Å². The van der Waals surface area contributed by atoms with Crippen molar-refractivity contribution in [2.75, 3.05) is 17.7 Å². The summed E-state index contributed by atoms with van der Waals surface area (Å²) in [4.78, 5) is 10.4. The Balaban J connectivity index is 2.19. The summed E-state index contributed by atoms with van der Waals surface area (Å²) in [7, 11) is 1.76. The van der Waals surface area contributed by atoms with Crippen molar-refractivity contribution in [2.24, 2.45) is 5.92 Å². The summed E-state index contributed by atoms with van der Waals surface area (Å²) >= 11 is 0. The first-order chi connectivity index (χ1) is 8.10. The Morgan fingerprint density at radius 3 is 2.53 bits per heavy atom. The summed E-state index contributed by atoms with van der Waals surface area (Å²) < 4.78 is 0. The Morgan fingerprint density at radius 1 is 1.35 bits per heavy atom. The summed E-state index contributed by atoms with van der Waals surface area (Å²) in [6.45, 7) is 2.12. The predicted octanol–water partition coefficient (Wildman–Crippen LogP) is 2.85. The average molecular weight is 235 g/mol. The van der Waals surface area contributed by atoms with Crippen molar-refractivity contribution in [3.05, 3.63) is 28.3 Å². The molecule has 92 valence electrons. The van der Waals surface area contributed by atoms with Gasteiger partial charge in [0.1, 0.15) is 0 Å². The van der Waals surface area contributed by atoms with E-state index >= 15 is 0 Å². The zero-order chi connectivity index (χ0) is 12.4. The number of nitro benzene ring substituents is 1. The summed E-state index contributed by atoms with van der Waals surface area (Å²) in [6.07, 6.45) is 2.50. The molecule has 0 heterocycles. The molecule has 17 heavy (non-hydrogen) atoms. The molecule has 1 atom stereocenters. The van der Waals surface area contributed by atoms with Crippen molar-refractivity contribution in [3.8, 4) is 0 Å². The van der Waals surface area contributed by atoms with Crippen LogP contribution in [0.1, 0.15) is 19.8 Å². The summed E-state index contributed by atoms with van der Waals surface area (Å²) in [5.41, 5.74) is 1.68. The molecule has 0 amide bonds. The minimum absolute atomic E-state index is 0.113. The molecule has 1 aromatic rings. The third-order valence-corrected chi connectivity index (χ3v) is 3.14. The molecule has 0 aliphatic heterocycles. The largest absolute Gasteiger partial charge is 0.388 e.